The van der Waals surface area contributed by atoms with Crippen LogP contribution in [0, 0.1) is 5.82 Å². The molecule has 1 aliphatic heterocycles. The number of nitrogens with one attached hydrogen (secondary N) is 1. The normalized spacial score (nSPS) is 19.0. The predicted octanol–water partition coefficient (Wildman–Crippen LogP) is 2.97. The molecule has 5 nitrogen and oxygen atoms in total. The third-order valence-electron chi connectivity index (χ3n) is 4.47. The van der Waals surface area contributed by atoms with Crippen molar-refractivity contribution in [1.82, 2.24) is 15.4 Å². The molecule has 2 heterocycles. The van der Waals surface area contributed by atoms with Gasteiger partial charge in [0, 0.05) is 11.6 Å². The van der Waals surface area contributed by atoms with Gasteiger partial charge in [0.25, 0.3) is 0 Å². The van der Waals surface area contributed by atoms with Crippen molar-refractivity contribution >= 4 is 5.91 Å². The first-order valence-electron chi connectivity index (χ1n) is 8.33. The fourth-order valence-electron chi connectivity index (χ4n) is 3.07. The van der Waals surface area contributed by atoms with E-state index in [1.165, 1.54) is 12.5 Å². The number of halogens is 1. The summed E-state index contributed by atoms with van der Waals surface area (Å²) in [4.78, 5) is 14.5. The molecule has 3 rings (SSSR count). The van der Waals surface area contributed by atoms with Crippen molar-refractivity contribution in [3.8, 4) is 11.3 Å². The third kappa shape index (κ3) is 3.82. The lowest BCUT2D eigenvalue weighted by molar-refractivity contribution is -0.126. The molecule has 1 aliphatic rings. The number of hydrogen-bond donors (Lipinski definition) is 1. The van der Waals surface area contributed by atoms with Gasteiger partial charge in [-0.15, -0.1) is 0 Å². The van der Waals surface area contributed by atoms with Crippen LogP contribution < -0.4 is 5.32 Å². The number of rotatable bonds is 4. The van der Waals surface area contributed by atoms with Crippen molar-refractivity contribution in [2.24, 2.45) is 0 Å². The second-order valence-corrected chi connectivity index (χ2v) is 6.22. The topological polar surface area (TPSA) is 58.4 Å². The van der Waals surface area contributed by atoms with Crippen LogP contribution in [0.3, 0.4) is 0 Å². The molecule has 1 aromatic carbocycles. The summed E-state index contributed by atoms with van der Waals surface area (Å²) in [7, 11) is 1.99. The molecule has 1 atom stereocenters. The zero-order chi connectivity index (χ0) is 16.9. The van der Waals surface area contributed by atoms with Crippen LogP contribution in [0.4, 0.5) is 4.39 Å². The van der Waals surface area contributed by atoms with E-state index in [1.54, 1.807) is 24.3 Å². The average molecular weight is 331 g/mol. The quantitative estimate of drug-likeness (QED) is 0.936. The fraction of sp³-hybridized carbons (Fsp3) is 0.444. The second kappa shape index (κ2) is 7.57. The Labute approximate surface area is 140 Å². The molecule has 1 amide bonds. The van der Waals surface area contributed by atoms with E-state index in [4.69, 9.17) is 4.52 Å². The number of likely N-dealkylation sites (tertiary alicyclic amines) is 1. The highest BCUT2D eigenvalue weighted by Crippen LogP contribution is 2.22. The van der Waals surface area contributed by atoms with E-state index < -0.39 is 0 Å². The van der Waals surface area contributed by atoms with Crippen molar-refractivity contribution in [2.45, 2.75) is 38.3 Å². The molecule has 0 bridgehead atoms. The zero-order valence-electron chi connectivity index (χ0n) is 13.8. The molecular weight excluding hydrogens is 309 g/mol. The van der Waals surface area contributed by atoms with Crippen LogP contribution in [-0.4, -0.2) is 35.6 Å². The summed E-state index contributed by atoms with van der Waals surface area (Å²) < 4.78 is 19.0. The Balaban J connectivity index is 1.61. The molecule has 1 saturated heterocycles. The minimum atomic E-state index is -0.346. The van der Waals surface area contributed by atoms with Gasteiger partial charge < -0.3 is 9.84 Å². The van der Waals surface area contributed by atoms with Gasteiger partial charge in [0.05, 0.1) is 12.6 Å². The van der Waals surface area contributed by atoms with Gasteiger partial charge in [-0.25, -0.2) is 4.39 Å². The number of benzene rings is 1. The summed E-state index contributed by atoms with van der Waals surface area (Å²) in [6.45, 7) is 1.20. The molecule has 0 spiro atoms. The van der Waals surface area contributed by atoms with E-state index in [-0.39, 0.29) is 24.3 Å². The van der Waals surface area contributed by atoms with Gasteiger partial charge in [0.2, 0.25) is 5.91 Å². The maximum absolute atomic E-state index is 13.8. The molecule has 0 saturated carbocycles. The first-order valence-corrected chi connectivity index (χ1v) is 8.33. The number of hydrogen-bond acceptors (Lipinski definition) is 4. The number of nitrogens with zero attached hydrogens (tertiary/aromatic N) is 2. The fourth-order valence-corrected chi connectivity index (χ4v) is 3.07. The third-order valence-corrected chi connectivity index (χ3v) is 4.47. The monoisotopic (exact) mass is 331 g/mol. The van der Waals surface area contributed by atoms with Gasteiger partial charge in [0.1, 0.15) is 11.5 Å². The maximum atomic E-state index is 13.8. The molecule has 2 aromatic rings. The number of likely N-dealkylation sites (N-methyl/N-ethyl adjacent to an activating group) is 1. The molecule has 0 unspecified atom stereocenters. The maximum Gasteiger partial charge on any atom is 0.237 e. The SMILES string of the molecule is CN1CCCCC[C@H]1C(=O)NCc1cc(-c2ccccc2F)no1. The van der Waals surface area contributed by atoms with Crippen molar-refractivity contribution in [1.29, 1.82) is 0 Å². The van der Waals surface area contributed by atoms with Gasteiger partial charge in [-0.05, 0) is 38.6 Å². The van der Waals surface area contributed by atoms with E-state index in [2.05, 4.69) is 15.4 Å². The summed E-state index contributed by atoms with van der Waals surface area (Å²) in [5.74, 6) is 0.169. The van der Waals surface area contributed by atoms with Crippen molar-refractivity contribution in [3.63, 3.8) is 0 Å². The summed E-state index contributed by atoms with van der Waals surface area (Å²) in [5, 5.41) is 6.79. The summed E-state index contributed by atoms with van der Waals surface area (Å²) in [5.41, 5.74) is 0.825. The average Bonchev–Trinajstić information content (AvgIpc) is 2.94. The van der Waals surface area contributed by atoms with E-state index in [0.29, 0.717) is 17.0 Å². The predicted molar refractivity (Wildman–Crippen MR) is 88.6 cm³/mol. The van der Waals surface area contributed by atoms with Crippen LogP contribution in [0.25, 0.3) is 11.3 Å². The second-order valence-electron chi connectivity index (χ2n) is 6.22. The van der Waals surface area contributed by atoms with Crippen LogP contribution in [-0.2, 0) is 11.3 Å². The highest BCUT2D eigenvalue weighted by molar-refractivity contribution is 5.81. The van der Waals surface area contributed by atoms with Crippen molar-refractivity contribution in [2.75, 3.05) is 13.6 Å². The summed E-state index contributed by atoms with van der Waals surface area (Å²) >= 11 is 0. The lowest BCUT2D eigenvalue weighted by Crippen LogP contribution is -2.44. The van der Waals surface area contributed by atoms with Gasteiger partial charge in [-0.3, -0.25) is 9.69 Å². The van der Waals surface area contributed by atoms with Crippen LogP contribution in [0.1, 0.15) is 31.4 Å². The first-order chi connectivity index (χ1) is 11.6. The molecule has 1 N–H and O–H groups in total. The molecule has 0 radical (unpaired) electrons. The van der Waals surface area contributed by atoms with E-state index in [9.17, 15) is 9.18 Å². The molecule has 6 heteroatoms. The standard InChI is InChI=1S/C18H22FN3O2/c1-22-10-6-2-3-9-17(22)18(23)20-12-13-11-16(21-24-13)14-7-4-5-8-15(14)19/h4-5,7-8,11,17H,2-3,6,9-10,12H2,1H3,(H,20,23)/t17-/m0/s1. The van der Waals surface area contributed by atoms with Crippen molar-refractivity contribution in [3.05, 3.63) is 41.9 Å². The van der Waals surface area contributed by atoms with E-state index in [1.807, 2.05) is 7.05 Å². The number of carbonyl (C=O) groups is 1. The highest BCUT2D eigenvalue weighted by Gasteiger charge is 2.24. The molecule has 1 aromatic heterocycles. The Kier molecular flexibility index (Phi) is 5.25. The van der Waals surface area contributed by atoms with Gasteiger partial charge in [-0.1, -0.05) is 30.1 Å². The molecular formula is C18H22FN3O2. The molecule has 24 heavy (non-hydrogen) atoms. The van der Waals surface area contributed by atoms with E-state index in [0.717, 1.165) is 25.8 Å². The van der Waals surface area contributed by atoms with Crippen molar-refractivity contribution < 1.29 is 13.7 Å². The highest BCUT2D eigenvalue weighted by atomic mass is 19.1. The zero-order valence-corrected chi connectivity index (χ0v) is 13.8. The number of carbonyl (C=O) groups excluding carboxylic acids is 1. The first kappa shape index (κ1) is 16.6. The minimum Gasteiger partial charge on any atom is -0.359 e. The summed E-state index contributed by atoms with van der Waals surface area (Å²) in [6.07, 6.45) is 4.25. The van der Waals surface area contributed by atoms with Crippen LogP contribution >= 0.6 is 0 Å². The van der Waals surface area contributed by atoms with Crippen LogP contribution in [0.15, 0.2) is 34.9 Å². The Hall–Kier alpha value is -2.21. The number of aromatic nitrogens is 1. The van der Waals surface area contributed by atoms with Crippen LogP contribution in [0.5, 0.6) is 0 Å². The molecule has 1 fully saturated rings. The molecule has 128 valence electrons. The Morgan fingerprint density at radius 3 is 3.04 bits per heavy atom. The lowest BCUT2D eigenvalue weighted by Gasteiger charge is -2.24. The Bertz CT molecular complexity index is 701. The summed E-state index contributed by atoms with van der Waals surface area (Å²) in [6, 6.07) is 7.97. The van der Waals surface area contributed by atoms with Crippen LogP contribution in [0.2, 0.25) is 0 Å². The minimum absolute atomic E-state index is 0.00300. The van der Waals surface area contributed by atoms with Gasteiger partial charge in [0.15, 0.2) is 5.76 Å². The Morgan fingerprint density at radius 2 is 2.21 bits per heavy atom. The van der Waals surface area contributed by atoms with Gasteiger partial charge in [-0.2, -0.15) is 0 Å². The lowest BCUT2D eigenvalue weighted by atomic mass is 10.1. The van der Waals surface area contributed by atoms with E-state index >= 15 is 0 Å². The van der Waals surface area contributed by atoms with Gasteiger partial charge >= 0.3 is 0 Å². The largest absolute Gasteiger partial charge is 0.359 e. The Morgan fingerprint density at radius 1 is 1.38 bits per heavy atom. The smallest absolute Gasteiger partial charge is 0.237 e. The number of amides is 1. The molecule has 0 aliphatic carbocycles.